The summed E-state index contributed by atoms with van der Waals surface area (Å²) in [5.74, 6) is 1.43. The number of anilines is 1. The number of fused-ring (bicyclic) bond motifs is 1. The molecule has 0 spiro atoms. The minimum Gasteiger partial charge on any atom is -0.341 e. The molecule has 0 aliphatic carbocycles. The number of aromatic nitrogens is 4. The number of halogens is 1. The van der Waals surface area contributed by atoms with Crippen molar-refractivity contribution in [3.8, 4) is 0 Å². The molecular weight excluding hydrogens is 357 g/mol. The number of nitrogens with zero attached hydrogens (tertiary/aromatic N) is 5. The molecule has 0 amide bonds. The van der Waals surface area contributed by atoms with Crippen LogP contribution in [0.15, 0.2) is 29.1 Å². The molecule has 1 aliphatic heterocycles. The second-order valence-electron chi connectivity index (χ2n) is 7.62. The number of hydrogen-bond donors (Lipinski definition) is 0. The van der Waals surface area contributed by atoms with E-state index in [1.54, 1.807) is 4.57 Å². The zero-order valence-electron chi connectivity index (χ0n) is 16.4. The molecular formula is C21H24FN5O. The number of hydrogen-bond acceptors (Lipinski definition) is 5. The average molecular weight is 381 g/mol. The van der Waals surface area contributed by atoms with Gasteiger partial charge in [-0.25, -0.2) is 19.3 Å². The van der Waals surface area contributed by atoms with Crippen molar-refractivity contribution in [3.05, 3.63) is 57.6 Å². The molecule has 3 heterocycles. The Morgan fingerprint density at radius 2 is 1.71 bits per heavy atom. The molecule has 6 nitrogen and oxygen atoms in total. The smallest absolute Gasteiger partial charge is 0.261 e. The third kappa shape index (κ3) is 3.61. The molecule has 0 N–H and O–H groups in total. The predicted molar refractivity (Wildman–Crippen MR) is 107 cm³/mol. The minimum atomic E-state index is -0.377. The summed E-state index contributed by atoms with van der Waals surface area (Å²) in [6, 6.07) is 6.13. The lowest BCUT2D eigenvalue weighted by atomic mass is 9.96. The van der Waals surface area contributed by atoms with Gasteiger partial charge in [0, 0.05) is 37.1 Å². The summed E-state index contributed by atoms with van der Waals surface area (Å²) in [6.07, 6.45) is 1.92. The van der Waals surface area contributed by atoms with Gasteiger partial charge in [-0.15, -0.1) is 0 Å². The van der Waals surface area contributed by atoms with E-state index in [0.717, 1.165) is 43.3 Å². The highest BCUT2D eigenvalue weighted by Gasteiger charge is 2.23. The van der Waals surface area contributed by atoms with Gasteiger partial charge in [0.15, 0.2) is 0 Å². The first-order valence-corrected chi connectivity index (χ1v) is 9.64. The Hall–Kier alpha value is -2.83. The van der Waals surface area contributed by atoms with Crippen molar-refractivity contribution in [2.75, 3.05) is 18.0 Å². The zero-order chi connectivity index (χ0) is 19.8. The van der Waals surface area contributed by atoms with Gasteiger partial charge in [0.05, 0.1) is 10.9 Å². The van der Waals surface area contributed by atoms with Gasteiger partial charge in [0.2, 0.25) is 5.95 Å². The largest absolute Gasteiger partial charge is 0.341 e. The lowest BCUT2D eigenvalue weighted by Crippen LogP contribution is -2.38. The van der Waals surface area contributed by atoms with Crippen molar-refractivity contribution in [2.45, 2.75) is 40.2 Å². The molecule has 1 fully saturated rings. The van der Waals surface area contributed by atoms with E-state index in [1.807, 2.05) is 26.8 Å². The molecule has 28 heavy (non-hydrogen) atoms. The molecule has 4 rings (SSSR count). The van der Waals surface area contributed by atoms with Crippen molar-refractivity contribution in [3.63, 3.8) is 0 Å². The summed E-state index contributed by atoms with van der Waals surface area (Å²) < 4.78 is 15.2. The van der Waals surface area contributed by atoms with Crippen LogP contribution in [-0.2, 0) is 6.54 Å². The highest BCUT2D eigenvalue weighted by Crippen LogP contribution is 2.23. The molecule has 0 atom stereocenters. The van der Waals surface area contributed by atoms with Crippen LogP contribution in [0.5, 0.6) is 0 Å². The van der Waals surface area contributed by atoms with Gasteiger partial charge >= 0.3 is 0 Å². The molecule has 1 aromatic carbocycles. The van der Waals surface area contributed by atoms with Gasteiger partial charge in [0.1, 0.15) is 11.6 Å². The number of piperidine rings is 1. The standard InChI is InChI=1S/C21H24FN5O/c1-13-10-14(2)24-21(23-13)26-8-6-16(7-9-26)12-27-15(3)25-19-11-17(22)4-5-18(19)20(27)28/h4-5,10-11,16H,6-9,12H2,1-3H3. The van der Waals surface area contributed by atoms with Gasteiger partial charge in [-0.05, 0) is 57.7 Å². The summed E-state index contributed by atoms with van der Waals surface area (Å²) >= 11 is 0. The maximum Gasteiger partial charge on any atom is 0.261 e. The van der Waals surface area contributed by atoms with Gasteiger partial charge in [-0.3, -0.25) is 9.36 Å². The first-order chi connectivity index (χ1) is 13.4. The van der Waals surface area contributed by atoms with Crippen LogP contribution in [0.3, 0.4) is 0 Å². The van der Waals surface area contributed by atoms with Crippen LogP contribution in [0.1, 0.15) is 30.1 Å². The average Bonchev–Trinajstić information content (AvgIpc) is 2.64. The van der Waals surface area contributed by atoms with Crippen LogP contribution in [0.4, 0.5) is 10.3 Å². The molecule has 146 valence electrons. The Kier molecular flexibility index (Phi) is 4.83. The van der Waals surface area contributed by atoms with E-state index in [4.69, 9.17) is 0 Å². The second-order valence-corrected chi connectivity index (χ2v) is 7.62. The van der Waals surface area contributed by atoms with E-state index in [0.29, 0.717) is 29.2 Å². The van der Waals surface area contributed by atoms with E-state index in [9.17, 15) is 9.18 Å². The number of rotatable bonds is 3. The first kappa shape index (κ1) is 18.5. The molecule has 1 aliphatic rings. The highest BCUT2D eigenvalue weighted by atomic mass is 19.1. The van der Waals surface area contributed by atoms with Crippen molar-refractivity contribution in [1.29, 1.82) is 0 Å². The van der Waals surface area contributed by atoms with Crippen LogP contribution >= 0.6 is 0 Å². The van der Waals surface area contributed by atoms with Crippen molar-refractivity contribution in [1.82, 2.24) is 19.5 Å². The fourth-order valence-corrected chi connectivity index (χ4v) is 3.94. The summed E-state index contributed by atoms with van der Waals surface area (Å²) in [7, 11) is 0. The minimum absolute atomic E-state index is 0.0948. The molecule has 7 heteroatoms. The van der Waals surface area contributed by atoms with Gasteiger partial charge in [0.25, 0.3) is 5.56 Å². The predicted octanol–water partition coefficient (Wildman–Crippen LogP) is 3.17. The molecule has 1 saturated heterocycles. The number of benzene rings is 1. The third-order valence-electron chi connectivity index (χ3n) is 5.42. The first-order valence-electron chi connectivity index (χ1n) is 9.64. The molecule has 2 aromatic heterocycles. The Balaban J connectivity index is 1.51. The monoisotopic (exact) mass is 381 g/mol. The van der Waals surface area contributed by atoms with Crippen LogP contribution in [-0.4, -0.2) is 32.6 Å². The fraction of sp³-hybridized carbons (Fsp3) is 0.429. The molecule has 0 saturated carbocycles. The maximum absolute atomic E-state index is 13.4. The normalized spacial score (nSPS) is 15.4. The van der Waals surface area contributed by atoms with Crippen LogP contribution in [0.2, 0.25) is 0 Å². The summed E-state index contributed by atoms with van der Waals surface area (Å²) in [5, 5.41) is 0.466. The van der Waals surface area contributed by atoms with E-state index in [1.165, 1.54) is 18.2 Å². The van der Waals surface area contributed by atoms with Crippen molar-refractivity contribution >= 4 is 16.9 Å². The third-order valence-corrected chi connectivity index (χ3v) is 5.42. The van der Waals surface area contributed by atoms with Crippen LogP contribution in [0, 0.1) is 32.5 Å². The lowest BCUT2D eigenvalue weighted by Gasteiger charge is -2.32. The summed E-state index contributed by atoms with van der Waals surface area (Å²) in [6.45, 7) is 8.15. The van der Waals surface area contributed by atoms with Gasteiger partial charge in [-0.1, -0.05) is 0 Å². The van der Waals surface area contributed by atoms with Crippen LogP contribution in [0.25, 0.3) is 10.9 Å². The zero-order valence-corrected chi connectivity index (χ0v) is 16.4. The van der Waals surface area contributed by atoms with E-state index in [2.05, 4.69) is 19.9 Å². The molecule has 0 radical (unpaired) electrons. The van der Waals surface area contributed by atoms with E-state index >= 15 is 0 Å². The topological polar surface area (TPSA) is 63.9 Å². The van der Waals surface area contributed by atoms with Crippen molar-refractivity contribution < 1.29 is 4.39 Å². The molecule has 0 bridgehead atoms. The maximum atomic E-state index is 13.4. The Morgan fingerprint density at radius 3 is 2.39 bits per heavy atom. The Morgan fingerprint density at radius 1 is 1.04 bits per heavy atom. The highest BCUT2D eigenvalue weighted by molar-refractivity contribution is 5.77. The Labute approximate surface area is 163 Å². The SMILES string of the molecule is Cc1cc(C)nc(N2CCC(Cn3c(C)nc4cc(F)ccc4c3=O)CC2)n1. The van der Waals surface area contributed by atoms with Crippen molar-refractivity contribution in [2.24, 2.45) is 5.92 Å². The lowest BCUT2D eigenvalue weighted by molar-refractivity contribution is 0.346. The van der Waals surface area contributed by atoms with Crippen LogP contribution < -0.4 is 10.5 Å². The second kappa shape index (κ2) is 7.30. The van der Waals surface area contributed by atoms with Gasteiger partial charge < -0.3 is 4.90 Å². The fourth-order valence-electron chi connectivity index (χ4n) is 3.94. The van der Waals surface area contributed by atoms with E-state index in [-0.39, 0.29) is 11.4 Å². The Bertz CT molecular complexity index is 1070. The van der Waals surface area contributed by atoms with E-state index < -0.39 is 0 Å². The summed E-state index contributed by atoms with van der Waals surface area (Å²) in [4.78, 5) is 28.6. The quantitative estimate of drug-likeness (QED) is 0.697. The number of aryl methyl sites for hydroxylation is 3. The molecule has 0 unspecified atom stereocenters. The van der Waals surface area contributed by atoms with Gasteiger partial charge in [-0.2, -0.15) is 0 Å². The summed E-state index contributed by atoms with van der Waals surface area (Å²) in [5.41, 5.74) is 2.28. The molecule has 3 aromatic rings.